The lowest BCUT2D eigenvalue weighted by atomic mass is 10.3. The molecule has 156 valence electrons. The number of hydrazine groups is 1. The number of aromatic nitrogens is 1. The molecule has 29 heavy (non-hydrogen) atoms. The number of non-ortho nitro benzene ring substituents is 1. The molecule has 0 amide bonds. The van der Waals surface area contributed by atoms with E-state index >= 15 is 0 Å². The summed E-state index contributed by atoms with van der Waals surface area (Å²) in [5, 5.41) is 10.8. The second-order valence-corrected chi connectivity index (χ2v) is 8.34. The average molecular weight is 421 g/mol. The van der Waals surface area contributed by atoms with Crippen LogP contribution in [0.5, 0.6) is 0 Å². The molecule has 0 unspecified atom stereocenters. The minimum atomic E-state index is -3.82. The fourth-order valence-corrected chi connectivity index (χ4v) is 3.96. The zero-order chi connectivity index (χ0) is 21.4. The normalized spacial score (nSPS) is 12.3. The molecule has 1 heterocycles. The lowest BCUT2D eigenvalue weighted by Gasteiger charge is -2.25. The Labute approximate surface area is 169 Å². The van der Waals surface area contributed by atoms with E-state index in [9.17, 15) is 14.7 Å². The Bertz CT molecular complexity index is 873. The first-order chi connectivity index (χ1) is 13.7. The van der Waals surface area contributed by atoms with Crippen LogP contribution < -0.4 is 10.9 Å². The molecule has 0 spiro atoms. The van der Waals surface area contributed by atoms with Gasteiger partial charge in [-0.15, -0.1) is 0 Å². The van der Waals surface area contributed by atoms with Crippen LogP contribution in [0.25, 0.3) is 0 Å². The number of nitro benzene ring substituents is 1. The van der Waals surface area contributed by atoms with Crippen LogP contribution in [0.4, 0.5) is 17.1 Å². The summed E-state index contributed by atoms with van der Waals surface area (Å²) >= 11 is 0. The van der Waals surface area contributed by atoms with Crippen LogP contribution in [-0.2, 0) is 13.6 Å². The number of rotatable bonds is 9. The highest BCUT2D eigenvalue weighted by molar-refractivity contribution is 7.72. The molecule has 2 rings (SSSR count). The van der Waals surface area contributed by atoms with Gasteiger partial charge in [-0.2, -0.15) is 0 Å². The molecular formula is C18H24N5O5P. The number of nitro groups is 1. The quantitative estimate of drug-likeness (QED) is 0.197. The molecule has 11 heteroatoms. The van der Waals surface area contributed by atoms with Gasteiger partial charge in [-0.25, -0.2) is 4.99 Å². The van der Waals surface area contributed by atoms with E-state index in [-0.39, 0.29) is 23.5 Å². The topological polar surface area (TPSA) is 128 Å². The van der Waals surface area contributed by atoms with Crippen molar-refractivity contribution in [2.75, 3.05) is 5.43 Å². The molecule has 0 bridgehead atoms. The maximum absolute atomic E-state index is 13.5. The maximum atomic E-state index is 13.5. The molecule has 1 aromatic carbocycles. The SMILES string of the molecule is CC(C)OP(=O)(OC(C)C)C(=Nc1ccncc1)NNc1ccc([N+](=O)[O-])cc1. The van der Waals surface area contributed by atoms with Crippen LogP contribution in [0.15, 0.2) is 53.8 Å². The van der Waals surface area contributed by atoms with Gasteiger partial charge in [0.25, 0.3) is 5.69 Å². The number of pyridine rings is 1. The molecule has 0 saturated heterocycles. The van der Waals surface area contributed by atoms with Gasteiger partial charge in [-0.1, -0.05) is 0 Å². The van der Waals surface area contributed by atoms with Crippen molar-refractivity contribution in [1.82, 2.24) is 10.4 Å². The van der Waals surface area contributed by atoms with Crippen molar-refractivity contribution in [3.05, 3.63) is 58.9 Å². The number of amidine groups is 1. The van der Waals surface area contributed by atoms with Gasteiger partial charge in [0, 0.05) is 24.5 Å². The van der Waals surface area contributed by atoms with Crippen molar-refractivity contribution in [1.29, 1.82) is 0 Å². The van der Waals surface area contributed by atoms with Crippen molar-refractivity contribution in [2.45, 2.75) is 39.9 Å². The zero-order valence-corrected chi connectivity index (χ0v) is 17.5. The smallest absolute Gasteiger partial charge is 0.300 e. The van der Waals surface area contributed by atoms with Crippen LogP contribution in [0.1, 0.15) is 27.7 Å². The van der Waals surface area contributed by atoms with Crippen molar-refractivity contribution in [3.8, 4) is 0 Å². The van der Waals surface area contributed by atoms with Crippen molar-refractivity contribution >= 4 is 30.2 Å². The number of nitrogens with one attached hydrogen (secondary N) is 2. The maximum Gasteiger partial charge on any atom is 0.398 e. The van der Waals surface area contributed by atoms with E-state index < -0.39 is 12.5 Å². The third-order valence-electron chi connectivity index (χ3n) is 3.25. The van der Waals surface area contributed by atoms with E-state index in [1.54, 1.807) is 52.2 Å². The number of benzene rings is 1. The molecule has 2 aromatic rings. The molecule has 0 saturated carbocycles. The predicted octanol–water partition coefficient (Wildman–Crippen LogP) is 4.64. The average Bonchev–Trinajstić information content (AvgIpc) is 2.64. The van der Waals surface area contributed by atoms with Crippen molar-refractivity contribution in [2.24, 2.45) is 4.99 Å². The summed E-state index contributed by atoms with van der Waals surface area (Å²) in [4.78, 5) is 18.6. The predicted molar refractivity (Wildman–Crippen MR) is 111 cm³/mol. The Hall–Kier alpha value is -2.81. The number of anilines is 1. The van der Waals surface area contributed by atoms with Gasteiger partial charge >= 0.3 is 7.60 Å². The third kappa shape index (κ3) is 6.94. The summed E-state index contributed by atoms with van der Waals surface area (Å²) in [6, 6.07) is 8.99. The van der Waals surface area contributed by atoms with E-state index in [0.717, 1.165) is 0 Å². The summed E-state index contributed by atoms with van der Waals surface area (Å²) in [5.41, 5.74) is 6.51. The minimum Gasteiger partial charge on any atom is -0.300 e. The van der Waals surface area contributed by atoms with Gasteiger partial charge in [0.2, 0.25) is 5.58 Å². The molecule has 0 atom stereocenters. The van der Waals surface area contributed by atoms with Crippen molar-refractivity contribution < 1.29 is 18.5 Å². The first-order valence-electron chi connectivity index (χ1n) is 8.92. The highest BCUT2D eigenvalue weighted by Gasteiger charge is 2.35. The second-order valence-electron chi connectivity index (χ2n) is 6.50. The molecule has 0 aliphatic rings. The number of aliphatic imine (C=N–C) groups is 1. The van der Waals surface area contributed by atoms with Crippen LogP contribution in [0, 0.1) is 10.1 Å². The lowest BCUT2D eigenvalue weighted by Crippen LogP contribution is -2.32. The van der Waals surface area contributed by atoms with Crippen LogP contribution in [0.3, 0.4) is 0 Å². The van der Waals surface area contributed by atoms with E-state index in [0.29, 0.717) is 11.4 Å². The summed E-state index contributed by atoms with van der Waals surface area (Å²) in [6.45, 7) is 6.96. The van der Waals surface area contributed by atoms with Gasteiger partial charge < -0.3 is 9.05 Å². The molecule has 2 N–H and O–H groups in total. The van der Waals surface area contributed by atoms with Gasteiger partial charge in [-0.05, 0) is 52.0 Å². The van der Waals surface area contributed by atoms with E-state index in [2.05, 4.69) is 20.8 Å². The number of nitrogens with zero attached hydrogens (tertiary/aromatic N) is 3. The summed E-state index contributed by atoms with van der Waals surface area (Å²) in [7, 11) is -3.82. The molecule has 0 aliphatic heterocycles. The lowest BCUT2D eigenvalue weighted by molar-refractivity contribution is -0.384. The Morgan fingerprint density at radius 3 is 2.10 bits per heavy atom. The van der Waals surface area contributed by atoms with Crippen LogP contribution in [-0.4, -0.2) is 27.7 Å². The van der Waals surface area contributed by atoms with E-state index in [4.69, 9.17) is 9.05 Å². The number of hydrogen-bond donors (Lipinski definition) is 2. The van der Waals surface area contributed by atoms with Gasteiger partial charge in [0.15, 0.2) is 0 Å². The minimum absolute atomic E-state index is 0.0434. The summed E-state index contributed by atoms with van der Waals surface area (Å²) < 4.78 is 24.8. The van der Waals surface area contributed by atoms with E-state index in [1.807, 2.05) is 0 Å². The fraction of sp³-hybridized carbons (Fsp3) is 0.333. The molecular weight excluding hydrogens is 397 g/mol. The highest BCUT2D eigenvalue weighted by Crippen LogP contribution is 2.51. The Kier molecular flexibility index (Phi) is 7.83. The molecule has 0 radical (unpaired) electrons. The first kappa shape index (κ1) is 22.5. The van der Waals surface area contributed by atoms with Gasteiger partial charge in [0.1, 0.15) is 0 Å². The summed E-state index contributed by atoms with van der Waals surface area (Å²) in [5.74, 6) is 0. The Morgan fingerprint density at radius 2 is 1.62 bits per heavy atom. The number of hydrogen-bond acceptors (Lipinski definition) is 8. The van der Waals surface area contributed by atoms with Crippen molar-refractivity contribution in [3.63, 3.8) is 0 Å². The highest BCUT2D eigenvalue weighted by atomic mass is 31.2. The molecule has 1 aromatic heterocycles. The van der Waals surface area contributed by atoms with Gasteiger partial charge in [-0.3, -0.25) is 30.5 Å². The zero-order valence-electron chi connectivity index (χ0n) is 16.6. The fourth-order valence-electron chi connectivity index (χ4n) is 2.17. The molecule has 10 nitrogen and oxygen atoms in total. The third-order valence-corrected chi connectivity index (χ3v) is 5.38. The van der Waals surface area contributed by atoms with E-state index in [1.165, 1.54) is 24.3 Å². The standard InChI is InChI=1S/C18H24N5O5P/c1-13(2)27-29(26,28-14(3)4)18(20-15-9-11-19-12-10-15)22-21-16-5-7-17(8-6-16)23(24)25/h5-14,21H,1-4H3,(H,19,20,22). The monoisotopic (exact) mass is 421 g/mol. The molecule has 0 fully saturated rings. The van der Waals surface area contributed by atoms with Crippen LogP contribution >= 0.6 is 7.60 Å². The summed E-state index contributed by atoms with van der Waals surface area (Å²) in [6.07, 6.45) is 2.34. The first-order valence-corrected chi connectivity index (χ1v) is 10.5. The van der Waals surface area contributed by atoms with Gasteiger partial charge in [0.05, 0.1) is 28.5 Å². The molecule has 0 aliphatic carbocycles. The Balaban J connectivity index is 2.34. The largest absolute Gasteiger partial charge is 0.398 e. The Morgan fingerprint density at radius 1 is 1.07 bits per heavy atom. The van der Waals surface area contributed by atoms with Crippen LogP contribution in [0.2, 0.25) is 0 Å². The second kappa shape index (κ2) is 10.1.